The van der Waals surface area contributed by atoms with E-state index in [2.05, 4.69) is 185 Å². The lowest BCUT2D eigenvalue weighted by molar-refractivity contribution is 0.854. The molecule has 2 unspecified atom stereocenters. The zero-order valence-corrected chi connectivity index (χ0v) is 30.7. The Morgan fingerprint density at radius 1 is 0.519 bits per heavy atom. The Bertz CT molecular complexity index is 3150. The second-order valence-corrected chi connectivity index (χ2v) is 16.5. The summed E-state index contributed by atoms with van der Waals surface area (Å²) in [6, 6.07) is 61.9. The minimum absolute atomic E-state index is 0.284. The summed E-state index contributed by atoms with van der Waals surface area (Å²) in [6.45, 7) is 0. The number of para-hydroxylation sites is 3. The molecule has 0 saturated heterocycles. The van der Waals surface area contributed by atoms with Crippen molar-refractivity contribution in [3.8, 4) is 21.9 Å². The van der Waals surface area contributed by atoms with E-state index in [1.54, 1.807) is 0 Å². The van der Waals surface area contributed by atoms with Gasteiger partial charge in [-0.1, -0.05) is 145 Å². The van der Waals surface area contributed by atoms with Crippen LogP contribution in [-0.2, 0) is 0 Å². The fraction of sp³-hybridized carbons (Fsp3) is 0.0408. The minimum atomic E-state index is 0.284. The third-order valence-electron chi connectivity index (χ3n) is 11.3. The molecule has 0 bridgehead atoms. The first kappa shape index (κ1) is 30.3. The molecule has 1 aliphatic carbocycles. The van der Waals surface area contributed by atoms with E-state index in [9.17, 15) is 0 Å². The number of rotatable bonds is 4. The van der Waals surface area contributed by atoms with Crippen LogP contribution in [0.3, 0.4) is 0 Å². The Kier molecular flexibility index (Phi) is 6.56. The first-order chi connectivity index (χ1) is 26.8. The molecular formula is C49H31N3S2. The van der Waals surface area contributed by atoms with Crippen molar-refractivity contribution in [3.63, 3.8) is 0 Å². The summed E-state index contributed by atoms with van der Waals surface area (Å²) in [5, 5.41) is 6.36. The van der Waals surface area contributed by atoms with Gasteiger partial charge in [-0.05, 0) is 64.7 Å². The van der Waals surface area contributed by atoms with E-state index in [1.807, 2.05) is 23.1 Å². The highest BCUT2D eigenvalue weighted by molar-refractivity contribution is 8.00. The topological polar surface area (TPSA) is 22.8 Å². The van der Waals surface area contributed by atoms with Gasteiger partial charge in [0.1, 0.15) is 0 Å². The Morgan fingerprint density at radius 3 is 2.06 bits per heavy atom. The third kappa shape index (κ3) is 4.34. The molecule has 254 valence electrons. The second-order valence-electron chi connectivity index (χ2n) is 14.2. The van der Waals surface area contributed by atoms with Crippen molar-refractivity contribution in [2.75, 3.05) is 0 Å². The number of hydrogen-bond acceptors (Lipinski definition) is 3. The standard InChI is InChI=1S/C49H31N3S2/c1-3-14-30(15-4-1)38-29-44-46(37-20-9-12-25-43(37)53-44)48-47(38)50-49(54-48)52-40-23-11-8-19-36(40)45-33(21-13-24-41(45)52)31-26-27-35-34-18-7-10-22-39(34)51(42(35)28-31)32-16-5-2-6-17-32/h1-29,44,46H. The van der Waals surface area contributed by atoms with E-state index >= 15 is 0 Å². The molecule has 0 fully saturated rings. The lowest BCUT2D eigenvalue weighted by atomic mass is 9.84. The molecule has 0 radical (unpaired) electrons. The van der Waals surface area contributed by atoms with Gasteiger partial charge >= 0.3 is 0 Å². The van der Waals surface area contributed by atoms with Gasteiger partial charge in [0.25, 0.3) is 0 Å². The maximum absolute atomic E-state index is 5.60. The highest BCUT2D eigenvalue weighted by Gasteiger charge is 2.41. The number of nitrogens with zero attached hydrogens (tertiary/aromatic N) is 3. The van der Waals surface area contributed by atoms with Crippen molar-refractivity contribution < 1.29 is 0 Å². The Morgan fingerprint density at radius 2 is 1.20 bits per heavy atom. The number of hydrogen-bond donors (Lipinski definition) is 0. The lowest BCUT2D eigenvalue weighted by Gasteiger charge is -2.24. The van der Waals surface area contributed by atoms with Gasteiger partial charge in [0.15, 0.2) is 5.13 Å². The molecule has 4 heterocycles. The molecule has 2 aliphatic rings. The molecule has 7 aromatic carbocycles. The molecule has 54 heavy (non-hydrogen) atoms. The summed E-state index contributed by atoms with van der Waals surface area (Å²) in [5.74, 6) is 0.284. The Hall–Kier alpha value is -6.14. The average molecular weight is 726 g/mol. The molecule has 3 nitrogen and oxygen atoms in total. The molecule has 0 spiro atoms. The second kappa shape index (κ2) is 11.7. The van der Waals surface area contributed by atoms with Crippen molar-refractivity contribution in [2.24, 2.45) is 0 Å². The monoisotopic (exact) mass is 725 g/mol. The smallest absolute Gasteiger partial charge is 0.195 e. The summed E-state index contributed by atoms with van der Waals surface area (Å²) in [6.07, 6.45) is 2.48. The maximum atomic E-state index is 5.60. The fourth-order valence-electron chi connectivity index (χ4n) is 9.03. The minimum Gasteiger partial charge on any atom is -0.309 e. The molecule has 12 rings (SSSR count). The zero-order chi connectivity index (χ0) is 35.3. The van der Waals surface area contributed by atoms with Crippen LogP contribution in [0.15, 0.2) is 181 Å². The van der Waals surface area contributed by atoms with Crippen LogP contribution in [0, 0.1) is 0 Å². The lowest BCUT2D eigenvalue weighted by Crippen LogP contribution is -2.15. The number of thiazole rings is 1. The largest absolute Gasteiger partial charge is 0.309 e. The molecule has 2 atom stereocenters. The van der Waals surface area contributed by atoms with Gasteiger partial charge in [-0.15, -0.1) is 11.8 Å². The van der Waals surface area contributed by atoms with Crippen LogP contribution in [0.5, 0.6) is 0 Å². The number of thioether (sulfide) groups is 1. The van der Waals surface area contributed by atoms with E-state index in [-0.39, 0.29) is 5.92 Å². The van der Waals surface area contributed by atoms with Gasteiger partial charge in [0.05, 0.1) is 27.8 Å². The van der Waals surface area contributed by atoms with Crippen LogP contribution in [-0.4, -0.2) is 19.4 Å². The zero-order valence-electron chi connectivity index (χ0n) is 29.1. The predicted octanol–water partition coefficient (Wildman–Crippen LogP) is 13.1. The number of aromatic nitrogens is 3. The molecule has 0 saturated carbocycles. The van der Waals surface area contributed by atoms with Crippen LogP contribution in [0.4, 0.5) is 0 Å². The van der Waals surface area contributed by atoms with E-state index < -0.39 is 0 Å². The predicted molar refractivity (Wildman–Crippen MR) is 228 cm³/mol. The van der Waals surface area contributed by atoms with E-state index in [0.717, 1.165) is 16.5 Å². The van der Waals surface area contributed by atoms with Gasteiger partial charge in [0, 0.05) is 53.7 Å². The van der Waals surface area contributed by atoms with Crippen molar-refractivity contribution >= 4 is 72.3 Å². The van der Waals surface area contributed by atoms with Gasteiger partial charge in [-0.25, -0.2) is 4.98 Å². The summed E-state index contributed by atoms with van der Waals surface area (Å²) >= 11 is 3.85. The molecule has 3 aromatic heterocycles. The molecule has 5 heteroatoms. The van der Waals surface area contributed by atoms with Crippen LogP contribution >= 0.6 is 23.1 Å². The summed E-state index contributed by atoms with van der Waals surface area (Å²) in [4.78, 5) is 8.33. The normalized spacial score (nSPS) is 16.2. The summed E-state index contributed by atoms with van der Waals surface area (Å²) < 4.78 is 4.82. The van der Waals surface area contributed by atoms with Gasteiger partial charge in [-0.3, -0.25) is 4.57 Å². The van der Waals surface area contributed by atoms with Gasteiger partial charge in [-0.2, -0.15) is 0 Å². The maximum Gasteiger partial charge on any atom is 0.195 e. The van der Waals surface area contributed by atoms with Crippen LogP contribution < -0.4 is 0 Å². The molecule has 0 N–H and O–H groups in total. The summed E-state index contributed by atoms with van der Waals surface area (Å²) in [5.41, 5.74) is 13.3. The average Bonchev–Trinajstić information content (AvgIpc) is 4.00. The number of fused-ring (bicyclic) bond motifs is 11. The SMILES string of the molecule is C1=C(c2ccccc2)c2nc(-n3c4ccccc4c4c(-c5ccc6c7ccccc7n(-c7ccccc7)c6c5)cccc43)sc2C2c3ccccc3SC12. The van der Waals surface area contributed by atoms with Crippen LogP contribution in [0.25, 0.3) is 71.1 Å². The van der Waals surface area contributed by atoms with E-state index in [1.165, 1.54) is 81.2 Å². The van der Waals surface area contributed by atoms with E-state index in [4.69, 9.17) is 4.98 Å². The number of benzene rings is 7. The van der Waals surface area contributed by atoms with Crippen molar-refractivity contribution in [3.05, 3.63) is 198 Å². The highest BCUT2D eigenvalue weighted by Crippen LogP contribution is 2.56. The van der Waals surface area contributed by atoms with Crippen molar-refractivity contribution in [1.82, 2.24) is 14.1 Å². The quantitative estimate of drug-likeness (QED) is 0.180. The van der Waals surface area contributed by atoms with Gasteiger partial charge in [0.2, 0.25) is 0 Å². The molecular weight excluding hydrogens is 695 g/mol. The third-order valence-corrected chi connectivity index (χ3v) is 13.8. The van der Waals surface area contributed by atoms with Crippen molar-refractivity contribution in [2.45, 2.75) is 16.1 Å². The molecule has 1 aliphatic heterocycles. The summed E-state index contributed by atoms with van der Waals surface area (Å²) in [7, 11) is 0. The molecule has 0 amide bonds. The molecule has 10 aromatic rings. The first-order valence-corrected chi connectivity index (χ1v) is 20.2. The highest BCUT2D eigenvalue weighted by atomic mass is 32.2. The fourth-order valence-corrected chi connectivity index (χ4v) is 11.8. The van der Waals surface area contributed by atoms with Crippen molar-refractivity contribution in [1.29, 1.82) is 0 Å². The van der Waals surface area contributed by atoms with Gasteiger partial charge < -0.3 is 4.57 Å². The van der Waals surface area contributed by atoms with Crippen LogP contribution in [0.1, 0.15) is 27.6 Å². The first-order valence-electron chi connectivity index (χ1n) is 18.5. The Balaban J connectivity index is 1.09. The Labute approximate surface area is 320 Å². The van der Waals surface area contributed by atoms with Crippen LogP contribution in [0.2, 0.25) is 0 Å². The van der Waals surface area contributed by atoms with E-state index in [0.29, 0.717) is 5.25 Å².